The fourth-order valence-electron chi connectivity index (χ4n) is 2.10. The maximum absolute atomic E-state index is 5.71. The van der Waals surface area contributed by atoms with Gasteiger partial charge in [0.05, 0.1) is 12.6 Å². The lowest BCUT2D eigenvalue weighted by atomic mass is 10.2. The maximum Gasteiger partial charge on any atom is 0.0875 e. The third-order valence-corrected chi connectivity index (χ3v) is 2.99. The van der Waals surface area contributed by atoms with Gasteiger partial charge in [0, 0.05) is 24.9 Å². The van der Waals surface area contributed by atoms with E-state index in [1.54, 1.807) is 0 Å². The van der Waals surface area contributed by atoms with Crippen molar-refractivity contribution in [2.75, 3.05) is 13.2 Å². The summed E-state index contributed by atoms with van der Waals surface area (Å²) in [6, 6.07) is 8.62. The summed E-state index contributed by atoms with van der Waals surface area (Å²) in [5.74, 6) is 0. The Morgan fingerprint density at radius 2 is 2.18 bits per heavy atom. The Bertz CT molecular complexity index is 490. The van der Waals surface area contributed by atoms with Crippen molar-refractivity contribution in [1.82, 2.24) is 4.57 Å². The van der Waals surface area contributed by atoms with Crippen LogP contribution in [0.25, 0.3) is 10.9 Å². The average molecular weight is 232 g/mol. The molecule has 0 spiro atoms. The minimum Gasteiger partial charge on any atom is -0.375 e. The summed E-state index contributed by atoms with van der Waals surface area (Å²) in [6.45, 7) is 6.19. The molecule has 92 valence electrons. The van der Waals surface area contributed by atoms with E-state index in [1.165, 1.54) is 16.5 Å². The molecule has 1 heterocycles. The summed E-state index contributed by atoms with van der Waals surface area (Å²) >= 11 is 0. The standard InChI is InChI=1S/C14H20N2O/c1-3-17-13(9-15)10-16-7-6-12-5-4-11(2)8-14(12)16/h4-8,13H,3,9-10,15H2,1-2H3. The predicted octanol–water partition coefficient (Wildman–Crippen LogP) is 2.31. The molecule has 0 bridgehead atoms. The number of hydrogen-bond acceptors (Lipinski definition) is 2. The first-order valence-electron chi connectivity index (χ1n) is 6.11. The van der Waals surface area contributed by atoms with Crippen LogP contribution >= 0.6 is 0 Å². The maximum atomic E-state index is 5.71. The van der Waals surface area contributed by atoms with Crippen LogP contribution in [0.2, 0.25) is 0 Å². The fourth-order valence-corrected chi connectivity index (χ4v) is 2.10. The van der Waals surface area contributed by atoms with Gasteiger partial charge < -0.3 is 15.0 Å². The van der Waals surface area contributed by atoms with Crippen LogP contribution in [0.4, 0.5) is 0 Å². The molecular weight excluding hydrogens is 212 g/mol. The number of benzene rings is 1. The van der Waals surface area contributed by atoms with E-state index in [0.29, 0.717) is 13.2 Å². The predicted molar refractivity (Wildman–Crippen MR) is 71.1 cm³/mol. The molecule has 17 heavy (non-hydrogen) atoms. The third kappa shape index (κ3) is 2.68. The zero-order valence-electron chi connectivity index (χ0n) is 10.5. The topological polar surface area (TPSA) is 40.2 Å². The normalized spacial score (nSPS) is 13.1. The summed E-state index contributed by atoms with van der Waals surface area (Å²) in [4.78, 5) is 0. The average Bonchev–Trinajstić information content (AvgIpc) is 2.71. The quantitative estimate of drug-likeness (QED) is 0.859. The molecule has 1 atom stereocenters. The van der Waals surface area contributed by atoms with Gasteiger partial charge in [-0.15, -0.1) is 0 Å². The van der Waals surface area contributed by atoms with Crippen molar-refractivity contribution in [2.24, 2.45) is 5.73 Å². The van der Waals surface area contributed by atoms with Gasteiger partial charge in [0.2, 0.25) is 0 Å². The van der Waals surface area contributed by atoms with Crippen LogP contribution in [0.1, 0.15) is 12.5 Å². The number of hydrogen-bond donors (Lipinski definition) is 1. The van der Waals surface area contributed by atoms with E-state index < -0.39 is 0 Å². The van der Waals surface area contributed by atoms with Crippen molar-refractivity contribution < 1.29 is 4.74 Å². The van der Waals surface area contributed by atoms with Crippen molar-refractivity contribution in [3.05, 3.63) is 36.0 Å². The molecule has 0 saturated carbocycles. The lowest BCUT2D eigenvalue weighted by Gasteiger charge is -2.16. The molecule has 0 aliphatic rings. The van der Waals surface area contributed by atoms with Crippen molar-refractivity contribution in [2.45, 2.75) is 26.5 Å². The van der Waals surface area contributed by atoms with Crippen LogP contribution in [0, 0.1) is 6.92 Å². The van der Waals surface area contributed by atoms with Crippen molar-refractivity contribution in [3.63, 3.8) is 0 Å². The van der Waals surface area contributed by atoms with E-state index >= 15 is 0 Å². The molecule has 0 aliphatic heterocycles. The Balaban J connectivity index is 2.26. The first kappa shape index (κ1) is 12.1. The van der Waals surface area contributed by atoms with Crippen LogP contribution in [0.3, 0.4) is 0 Å². The van der Waals surface area contributed by atoms with Gasteiger partial charge in [-0.1, -0.05) is 12.1 Å². The Morgan fingerprint density at radius 3 is 2.88 bits per heavy atom. The number of aryl methyl sites for hydroxylation is 1. The summed E-state index contributed by atoms with van der Waals surface area (Å²) < 4.78 is 7.82. The number of ether oxygens (including phenoxy) is 1. The van der Waals surface area contributed by atoms with Crippen molar-refractivity contribution >= 4 is 10.9 Å². The number of fused-ring (bicyclic) bond motifs is 1. The van der Waals surface area contributed by atoms with Gasteiger partial charge in [-0.05, 0) is 36.9 Å². The first-order chi connectivity index (χ1) is 8.24. The minimum atomic E-state index is 0.0936. The van der Waals surface area contributed by atoms with E-state index in [1.807, 2.05) is 6.92 Å². The molecule has 1 aromatic heterocycles. The molecule has 2 N–H and O–H groups in total. The lowest BCUT2D eigenvalue weighted by molar-refractivity contribution is 0.0576. The Hall–Kier alpha value is -1.32. The fraction of sp³-hybridized carbons (Fsp3) is 0.429. The number of aromatic nitrogens is 1. The van der Waals surface area contributed by atoms with Gasteiger partial charge in [-0.25, -0.2) is 0 Å². The molecule has 0 saturated heterocycles. The van der Waals surface area contributed by atoms with Crippen LogP contribution in [0.15, 0.2) is 30.5 Å². The van der Waals surface area contributed by atoms with Gasteiger partial charge in [0.15, 0.2) is 0 Å². The van der Waals surface area contributed by atoms with Crippen LogP contribution in [0.5, 0.6) is 0 Å². The van der Waals surface area contributed by atoms with E-state index in [9.17, 15) is 0 Å². The molecule has 3 nitrogen and oxygen atoms in total. The molecular formula is C14H20N2O. The van der Waals surface area contributed by atoms with Gasteiger partial charge in [0.25, 0.3) is 0 Å². The summed E-state index contributed by atoms with van der Waals surface area (Å²) in [7, 11) is 0. The molecule has 2 rings (SSSR count). The molecule has 0 aliphatic carbocycles. The highest BCUT2D eigenvalue weighted by molar-refractivity contribution is 5.80. The smallest absolute Gasteiger partial charge is 0.0875 e. The molecule has 0 radical (unpaired) electrons. The zero-order chi connectivity index (χ0) is 12.3. The summed E-state index contributed by atoms with van der Waals surface area (Å²) in [5.41, 5.74) is 8.24. The number of nitrogens with zero attached hydrogens (tertiary/aromatic N) is 1. The Labute approximate surface area is 102 Å². The summed E-state index contributed by atoms with van der Waals surface area (Å²) in [6.07, 6.45) is 2.20. The molecule has 0 fully saturated rings. The SMILES string of the molecule is CCOC(CN)Cn1ccc2ccc(C)cc21. The highest BCUT2D eigenvalue weighted by Crippen LogP contribution is 2.18. The molecule has 1 unspecified atom stereocenters. The van der Waals surface area contributed by atoms with Crippen LogP contribution in [-0.2, 0) is 11.3 Å². The van der Waals surface area contributed by atoms with E-state index in [4.69, 9.17) is 10.5 Å². The van der Waals surface area contributed by atoms with Gasteiger partial charge >= 0.3 is 0 Å². The summed E-state index contributed by atoms with van der Waals surface area (Å²) in [5, 5.41) is 1.27. The van der Waals surface area contributed by atoms with E-state index in [-0.39, 0.29) is 6.10 Å². The van der Waals surface area contributed by atoms with E-state index in [0.717, 1.165) is 6.54 Å². The molecule has 1 aromatic carbocycles. The number of nitrogens with two attached hydrogens (primary N) is 1. The van der Waals surface area contributed by atoms with Gasteiger partial charge in [0.1, 0.15) is 0 Å². The second kappa shape index (κ2) is 5.34. The van der Waals surface area contributed by atoms with Gasteiger partial charge in [-0.3, -0.25) is 0 Å². The van der Waals surface area contributed by atoms with Crippen molar-refractivity contribution in [3.8, 4) is 0 Å². The lowest BCUT2D eigenvalue weighted by Crippen LogP contribution is -2.28. The second-order valence-electron chi connectivity index (χ2n) is 4.34. The second-order valence-corrected chi connectivity index (χ2v) is 4.34. The highest BCUT2D eigenvalue weighted by Gasteiger charge is 2.09. The number of rotatable bonds is 5. The van der Waals surface area contributed by atoms with Crippen LogP contribution in [-0.4, -0.2) is 23.8 Å². The monoisotopic (exact) mass is 232 g/mol. The molecule has 3 heteroatoms. The Morgan fingerprint density at radius 1 is 1.35 bits per heavy atom. The Kier molecular flexibility index (Phi) is 3.82. The zero-order valence-corrected chi connectivity index (χ0v) is 10.5. The minimum absolute atomic E-state index is 0.0936. The van der Waals surface area contributed by atoms with Crippen molar-refractivity contribution in [1.29, 1.82) is 0 Å². The highest BCUT2D eigenvalue weighted by atomic mass is 16.5. The molecule has 2 aromatic rings. The first-order valence-corrected chi connectivity index (χ1v) is 6.11. The van der Waals surface area contributed by atoms with Gasteiger partial charge in [-0.2, -0.15) is 0 Å². The molecule has 0 amide bonds. The largest absolute Gasteiger partial charge is 0.375 e. The van der Waals surface area contributed by atoms with E-state index in [2.05, 4.69) is 42.0 Å². The third-order valence-electron chi connectivity index (χ3n) is 2.99. The van der Waals surface area contributed by atoms with Crippen LogP contribution < -0.4 is 5.73 Å².